The fraction of sp³-hybridized carbons (Fsp3) is 0.333. The van der Waals surface area contributed by atoms with Crippen molar-refractivity contribution >= 4 is 34.9 Å². The van der Waals surface area contributed by atoms with Crippen LogP contribution in [-0.2, 0) is 25.6 Å². The molecule has 0 bridgehead atoms. The monoisotopic (exact) mass is 338 g/mol. The third-order valence-corrected chi connectivity index (χ3v) is 6.06. The average Bonchev–Trinajstić information content (AvgIpc) is 3.17. The maximum absolute atomic E-state index is 4.30. The van der Waals surface area contributed by atoms with Crippen LogP contribution in [0, 0.1) is 0 Å². The summed E-state index contributed by atoms with van der Waals surface area (Å²) in [6.07, 6.45) is 7.52. The van der Waals surface area contributed by atoms with Gasteiger partial charge >= 0.3 is 0 Å². The number of hydrogen-bond acceptors (Lipinski definition) is 7. The number of imidazole rings is 2. The summed E-state index contributed by atoms with van der Waals surface area (Å²) in [5.74, 6) is 3.69. The van der Waals surface area contributed by atoms with E-state index in [0.29, 0.717) is 0 Å². The van der Waals surface area contributed by atoms with Crippen LogP contribution in [0.2, 0.25) is 0 Å². The number of rotatable bonds is 6. The van der Waals surface area contributed by atoms with E-state index in [2.05, 4.69) is 20.2 Å². The van der Waals surface area contributed by atoms with Crippen molar-refractivity contribution in [2.75, 3.05) is 0 Å². The fourth-order valence-corrected chi connectivity index (χ4v) is 4.67. The van der Waals surface area contributed by atoms with Gasteiger partial charge in [0.2, 0.25) is 0 Å². The molecule has 3 rings (SSSR count). The third kappa shape index (κ3) is 3.66. The highest BCUT2D eigenvalue weighted by Gasteiger charge is 2.09. The normalized spacial score (nSPS) is 11.1. The molecule has 0 fully saturated rings. The smallest absolute Gasteiger partial charge is 0.175 e. The van der Waals surface area contributed by atoms with Crippen LogP contribution in [0.1, 0.15) is 11.6 Å². The summed E-state index contributed by atoms with van der Waals surface area (Å²) in [5, 5.41) is 8.43. The van der Waals surface area contributed by atoms with Crippen molar-refractivity contribution in [2.45, 2.75) is 20.2 Å². The molecule has 0 saturated heterocycles. The molecule has 0 saturated carbocycles. The Morgan fingerprint density at radius 3 is 1.76 bits per heavy atom. The average molecular weight is 338 g/mol. The van der Waals surface area contributed by atoms with Crippen molar-refractivity contribution in [1.82, 2.24) is 29.3 Å². The van der Waals surface area contributed by atoms with Crippen molar-refractivity contribution in [3.8, 4) is 0 Å². The van der Waals surface area contributed by atoms with E-state index in [1.807, 2.05) is 48.0 Å². The van der Waals surface area contributed by atoms with E-state index in [1.165, 1.54) is 0 Å². The van der Waals surface area contributed by atoms with Gasteiger partial charge in [-0.25, -0.2) is 9.97 Å². The summed E-state index contributed by atoms with van der Waals surface area (Å²) in [5.41, 5.74) is 0. The van der Waals surface area contributed by atoms with Gasteiger partial charge in [0.1, 0.15) is 11.6 Å². The van der Waals surface area contributed by atoms with E-state index in [9.17, 15) is 0 Å². The molecule has 0 atom stereocenters. The molecule has 0 unspecified atom stereocenters. The first-order chi connectivity index (χ1) is 10.2. The lowest BCUT2D eigenvalue weighted by atomic mass is 10.7. The Balaban J connectivity index is 1.54. The summed E-state index contributed by atoms with van der Waals surface area (Å²) in [6.45, 7) is 0. The van der Waals surface area contributed by atoms with E-state index >= 15 is 0 Å². The van der Waals surface area contributed by atoms with E-state index < -0.39 is 0 Å². The summed E-state index contributed by atoms with van der Waals surface area (Å²) in [7, 11) is 3.99. The van der Waals surface area contributed by atoms with Gasteiger partial charge in [-0.3, -0.25) is 0 Å². The minimum atomic E-state index is 0.808. The first kappa shape index (κ1) is 14.6. The highest BCUT2D eigenvalue weighted by Crippen LogP contribution is 2.31. The largest absolute Gasteiger partial charge is 0.337 e. The number of hydrogen-bond donors (Lipinski definition) is 0. The Bertz CT molecular complexity index is 657. The molecular formula is C12H14N6S3. The highest BCUT2D eigenvalue weighted by atomic mass is 32.2. The molecule has 0 radical (unpaired) electrons. The standard InChI is InChI=1S/C12H14N6S3/c1-17-5-3-13-9(17)7-19-11-15-16-12(21-11)20-8-10-14-4-6-18(10)2/h3-6H,7-8H2,1-2H3. The molecule has 6 nitrogen and oxygen atoms in total. The van der Waals surface area contributed by atoms with Crippen molar-refractivity contribution in [3.63, 3.8) is 0 Å². The molecule has 3 aromatic heterocycles. The Kier molecular flexibility index (Phi) is 4.61. The third-order valence-electron chi connectivity index (χ3n) is 2.88. The van der Waals surface area contributed by atoms with Crippen molar-refractivity contribution in [2.24, 2.45) is 14.1 Å². The van der Waals surface area contributed by atoms with Gasteiger partial charge in [-0.15, -0.1) is 10.2 Å². The van der Waals surface area contributed by atoms with Crippen LogP contribution in [-0.4, -0.2) is 29.3 Å². The topological polar surface area (TPSA) is 61.4 Å². The summed E-state index contributed by atoms with van der Waals surface area (Å²) in [6, 6.07) is 0. The van der Waals surface area contributed by atoms with Crippen LogP contribution in [0.15, 0.2) is 33.5 Å². The van der Waals surface area contributed by atoms with Crippen molar-refractivity contribution < 1.29 is 0 Å². The minimum Gasteiger partial charge on any atom is -0.337 e. The summed E-state index contributed by atoms with van der Waals surface area (Å²) < 4.78 is 5.98. The molecule has 9 heteroatoms. The summed E-state index contributed by atoms with van der Waals surface area (Å²) >= 11 is 4.95. The van der Waals surface area contributed by atoms with E-state index in [1.54, 1.807) is 34.9 Å². The highest BCUT2D eigenvalue weighted by molar-refractivity contribution is 8.02. The minimum absolute atomic E-state index is 0.808. The first-order valence-electron chi connectivity index (χ1n) is 6.24. The van der Waals surface area contributed by atoms with Gasteiger partial charge in [0.05, 0.1) is 11.5 Å². The Labute approximate surface area is 135 Å². The zero-order valence-corrected chi connectivity index (χ0v) is 14.1. The number of thioether (sulfide) groups is 2. The second kappa shape index (κ2) is 6.63. The Morgan fingerprint density at radius 1 is 0.905 bits per heavy atom. The molecule has 3 heterocycles. The summed E-state index contributed by atoms with van der Waals surface area (Å²) in [4.78, 5) is 8.60. The zero-order valence-electron chi connectivity index (χ0n) is 11.6. The van der Waals surface area contributed by atoms with Crippen molar-refractivity contribution in [3.05, 3.63) is 36.4 Å². The zero-order chi connectivity index (χ0) is 14.7. The molecule has 0 aliphatic carbocycles. The Hall–Kier alpha value is -1.32. The molecule has 0 spiro atoms. The van der Waals surface area contributed by atoms with Crippen molar-refractivity contribution in [1.29, 1.82) is 0 Å². The van der Waals surface area contributed by atoms with Crippen LogP contribution in [0.4, 0.5) is 0 Å². The van der Waals surface area contributed by atoms with Gasteiger partial charge in [0.25, 0.3) is 0 Å². The van der Waals surface area contributed by atoms with Gasteiger partial charge in [0.15, 0.2) is 8.68 Å². The maximum atomic E-state index is 4.30. The van der Waals surface area contributed by atoms with Crippen LogP contribution >= 0.6 is 34.9 Å². The number of nitrogens with zero attached hydrogens (tertiary/aromatic N) is 6. The second-order valence-electron chi connectivity index (χ2n) is 4.32. The van der Waals surface area contributed by atoms with Crippen LogP contribution < -0.4 is 0 Å². The van der Waals surface area contributed by atoms with E-state index in [0.717, 1.165) is 31.8 Å². The van der Waals surface area contributed by atoms with Gasteiger partial charge in [-0.2, -0.15) is 0 Å². The van der Waals surface area contributed by atoms with Crippen LogP contribution in [0.3, 0.4) is 0 Å². The molecule has 0 aliphatic heterocycles. The predicted octanol–water partition coefficient (Wildman–Crippen LogP) is 2.59. The van der Waals surface area contributed by atoms with Crippen LogP contribution in [0.25, 0.3) is 0 Å². The number of aromatic nitrogens is 6. The molecule has 0 aliphatic rings. The first-order valence-corrected chi connectivity index (χ1v) is 9.02. The molecule has 110 valence electrons. The van der Waals surface area contributed by atoms with Gasteiger partial charge in [-0.1, -0.05) is 34.9 Å². The number of aryl methyl sites for hydroxylation is 2. The molecule has 0 N–H and O–H groups in total. The molecule has 0 amide bonds. The van der Waals surface area contributed by atoms with Gasteiger partial charge < -0.3 is 9.13 Å². The SMILES string of the molecule is Cn1ccnc1CSc1nnc(SCc2nccn2C)s1. The second-order valence-corrected chi connectivity index (χ2v) is 7.74. The lowest BCUT2D eigenvalue weighted by molar-refractivity contribution is 0.847. The van der Waals surface area contributed by atoms with Gasteiger partial charge in [-0.05, 0) is 0 Å². The van der Waals surface area contributed by atoms with Gasteiger partial charge in [0, 0.05) is 38.9 Å². The molecular weight excluding hydrogens is 324 g/mol. The molecule has 0 aromatic carbocycles. The quantitative estimate of drug-likeness (QED) is 0.644. The fourth-order valence-electron chi connectivity index (χ4n) is 1.64. The predicted molar refractivity (Wildman–Crippen MR) is 85.4 cm³/mol. The maximum Gasteiger partial charge on any atom is 0.175 e. The van der Waals surface area contributed by atoms with E-state index in [-0.39, 0.29) is 0 Å². The molecule has 21 heavy (non-hydrogen) atoms. The van der Waals surface area contributed by atoms with Crippen LogP contribution in [0.5, 0.6) is 0 Å². The Morgan fingerprint density at radius 2 is 1.38 bits per heavy atom. The van der Waals surface area contributed by atoms with E-state index in [4.69, 9.17) is 0 Å². The lowest BCUT2D eigenvalue weighted by Gasteiger charge is -1.98. The lowest BCUT2D eigenvalue weighted by Crippen LogP contribution is -1.94. The molecule has 3 aromatic rings.